The van der Waals surface area contributed by atoms with Crippen molar-refractivity contribution < 1.29 is 14.2 Å². The second-order valence-corrected chi connectivity index (χ2v) is 10.3. The Labute approximate surface area is 209 Å². The van der Waals surface area contributed by atoms with Gasteiger partial charge in [0, 0.05) is 30.0 Å². The van der Waals surface area contributed by atoms with Crippen molar-refractivity contribution in [2.75, 3.05) is 33.4 Å². The highest BCUT2D eigenvalue weighted by atomic mass is 16.5. The molecule has 0 radical (unpaired) electrons. The molecule has 2 atom stereocenters. The highest BCUT2D eigenvalue weighted by molar-refractivity contribution is 5.52. The molecule has 3 aromatic carbocycles. The van der Waals surface area contributed by atoms with Crippen LogP contribution in [0.4, 0.5) is 0 Å². The lowest BCUT2D eigenvalue weighted by molar-refractivity contribution is 0.0528. The number of piperidine rings is 1. The van der Waals surface area contributed by atoms with Gasteiger partial charge in [0.2, 0.25) is 0 Å². The van der Waals surface area contributed by atoms with E-state index in [4.69, 9.17) is 14.2 Å². The smallest absolute Gasteiger partial charge is 0.127 e. The van der Waals surface area contributed by atoms with Gasteiger partial charge in [0.25, 0.3) is 0 Å². The molecular weight excluding hydrogens is 434 g/mol. The zero-order valence-corrected chi connectivity index (χ0v) is 21.2. The van der Waals surface area contributed by atoms with E-state index >= 15 is 0 Å². The van der Waals surface area contributed by atoms with Crippen molar-refractivity contribution >= 4 is 0 Å². The second kappa shape index (κ2) is 10.3. The number of hydrogen-bond acceptors (Lipinski definition) is 4. The van der Waals surface area contributed by atoms with Crippen molar-refractivity contribution in [1.29, 1.82) is 0 Å². The van der Waals surface area contributed by atoms with Crippen molar-refractivity contribution in [1.82, 2.24) is 4.90 Å². The molecule has 0 saturated carbocycles. The van der Waals surface area contributed by atoms with Gasteiger partial charge in [-0.1, -0.05) is 55.0 Å². The summed E-state index contributed by atoms with van der Waals surface area (Å²) < 4.78 is 18.2. The summed E-state index contributed by atoms with van der Waals surface area (Å²) in [6.07, 6.45) is 3.99. The van der Waals surface area contributed by atoms with E-state index in [0.717, 1.165) is 30.4 Å². The molecule has 2 aliphatic heterocycles. The summed E-state index contributed by atoms with van der Waals surface area (Å²) in [6, 6.07) is 25.7. The van der Waals surface area contributed by atoms with E-state index in [2.05, 4.69) is 79.4 Å². The molecule has 1 saturated heterocycles. The maximum Gasteiger partial charge on any atom is 0.127 e. The maximum absolute atomic E-state index is 6.61. The summed E-state index contributed by atoms with van der Waals surface area (Å²) in [5.41, 5.74) is 3.35. The number of hydrogen-bond donors (Lipinski definition) is 0. The monoisotopic (exact) mass is 471 g/mol. The van der Waals surface area contributed by atoms with Crippen molar-refractivity contribution in [2.45, 2.75) is 50.5 Å². The van der Waals surface area contributed by atoms with Crippen LogP contribution in [0.2, 0.25) is 0 Å². The predicted octanol–water partition coefficient (Wildman–Crippen LogP) is 6.65. The van der Waals surface area contributed by atoms with E-state index in [1.54, 1.807) is 7.11 Å². The first kappa shape index (κ1) is 23.7. The minimum absolute atomic E-state index is 0.157. The van der Waals surface area contributed by atoms with Gasteiger partial charge in [-0.05, 0) is 69.1 Å². The Morgan fingerprint density at radius 3 is 2.29 bits per heavy atom. The van der Waals surface area contributed by atoms with E-state index in [1.165, 1.54) is 49.0 Å². The second-order valence-electron chi connectivity index (χ2n) is 10.3. The quantitative estimate of drug-likeness (QED) is 0.386. The fraction of sp³-hybridized carbons (Fsp3) is 0.419. The van der Waals surface area contributed by atoms with Gasteiger partial charge in [0.15, 0.2) is 0 Å². The molecule has 1 unspecified atom stereocenters. The van der Waals surface area contributed by atoms with Crippen molar-refractivity contribution in [3.8, 4) is 17.2 Å². The predicted molar refractivity (Wildman–Crippen MR) is 141 cm³/mol. The van der Waals surface area contributed by atoms with Crippen LogP contribution in [0.5, 0.6) is 17.2 Å². The zero-order valence-electron chi connectivity index (χ0n) is 21.2. The van der Waals surface area contributed by atoms with Gasteiger partial charge in [-0.15, -0.1) is 0 Å². The third kappa shape index (κ3) is 5.18. The van der Waals surface area contributed by atoms with Gasteiger partial charge in [0.1, 0.15) is 29.5 Å². The number of nitrogens with zero attached hydrogens (tertiary/aromatic N) is 1. The number of ether oxygens (including phenoxy) is 3. The highest BCUT2D eigenvalue weighted by Crippen LogP contribution is 2.53. The van der Waals surface area contributed by atoms with Crippen LogP contribution in [0.25, 0.3) is 0 Å². The SMILES string of the molecule is COc1ccc2c(c1)OC(C)(C)C(c1ccccc1)[C@@H]2c1ccc(OCCN2CCCCC2)cc1. The number of likely N-dealkylation sites (tertiary alicyclic amines) is 1. The number of rotatable bonds is 7. The van der Waals surface area contributed by atoms with Crippen LogP contribution in [0.3, 0.4) is 0 Å². The summed E-state index contributed by atoms with van der Waals surface area (Å²) >= 11 is 0. The van der Waals surface area contributed by atoms with Crippen LogP contribution in [-0.4, -0.2) is 43.9 Å². The van der Waals surface area contributed by atoms with Crippen molar-refractivity contribution in [3.05, 3.63) is 89.5 Å². The highest BCUT2D eigenvalue weighted by Gasteiger charge is 2.45. The van der Waals surface area contributed by atoms with Crippen molar-refractivity contribution in [3.63, 3.8) is 0 Å². The van der Waals surface area contributed by atoms with Gasteiger partial charge in [-0.2, -0.15) is 0 Å². The van der Waals surface area contributed by atoms with E-state index < -0.39 is 5.60 Å². The standard InChI is InChI=1S/C31H37NO3/c1-31(2)30(24-10-6-4-7-11-24)29(27-17-16-26(33-3)22-28(27)35-31)23-12-14-25(15-13-23)34-21-20-32-18-8-5-9-19-32/h4,6-7,10-17,22,29-30H,5,8-9,18-21H2,1-3H3/t29-,30?/m1/s1. The molecule has 2 aliphatic rings. The van der Waals surface area contributed by atoms with Crippen molar-refractivity contribution in [2.24, 2.45) is 0 Å². The minimum Gasteiger partial charge on any atom is -0.497 e. The molecule has 5 rings (SSSR count). The Hall–Kier alpha value is -2.98. The van der Waals surface area contributed by atoms with Gasteiger partial charge in [-0.25, -0.2) is 0 Å². The van der Waals surface area contributed by atoms with Gasteiger partial charge in [0.05, 0.1) is 7.11 Å². The fourth-order valence-electron chi connectivity index (χ4n) is 5.79. The van der Waals surface area contributed by atoms with Crippen LogP contribution >= 0.6 is 0 Å². The number of fused-ring (bicyclic) bond motifs is 1. The molecule has 0 aromatic heterocycles. The Balaban J connectivity index is 1.43. The van der Waals surface area contributed by atoms with Crippen LogP contribution in [0.1, 0.15) is 61.6 Å². The number of benzene rings is 3. The molecule has 4 nitrogen and oxygen atoms in total. The van der Waals surface area contributed by atoms with Crippen LogP contribution in [0.15, 0.2) is 72.8 Å². The molecule has 1 fully saturated rings. The lowest BCUT2D eigenvalue weighted by atomic mass is 9.68. The first-order valence-electron chi connectivity index (χ1n) is 12.9. The first-order chi connectivity index (χ1) is 17.0. The molecule has 0 bridgehead atoms. The van der Waals surface area contributed by atoms with E-state index in [9.17, 15) is 0 Å². The van der Waals surface area contributed by atoms with Gasteiger partial charge < -0.3 is 14.2 Å². The summed E-state index contributed by atoms with van der Waals surface area (Å²) in [7, 11) is 1.70. The van der Waals surface area contributed by atoms with Gasteiger partial charge >= 0.3 is 0 Å². The zero-order chi connectivity index (χ0) is 24.3. The molecule has 35 heavy (non-hydrogen) atoms. The van der Waals surface area contributed by atoms with E-state index in [1.807, 2.05) is 12.1 Å². The van der Waals surface area contributed by atoms with Crippen LogP contribution in [-0.2, 0) is 0 Å². The Morgan fingerprint density at radius 1 is 0.857 bits per heavy atom. The Bertz CT molecular complexity index is 1100. The third-order valence-electron chi connectivity index (χ3n) is 7.53. The normalized spacial score (nSPS) is 21.6. The molecule has 0 amide bonds. The Kier molecular flexibility index (Phi) is 7.01. The van der Waals surface area contributed by atoms with Crippen LogP contribution < -0.4 is 14.2 Å². The topological polar surface area (TPSA) is 30.9 Å². The molecule has 0 N–H and O–H groups in total. The summed E-state index contributed by atoms with van der Waals surface area (Å²) in [6.45, 7) is 8.52. The van der Waals surface area contributed by atoms with E-state index in [0.29, 0.717) is 0 Å². The number of methoxy groups -OCH3 is 1. The molecule has 2 heterocycles. The maximum atomic E-state index is 6.61. The molecule has 0 aliphatic carbocycles. The average molecular weight is 472 g/mol. The summed E-state index contributed by atoms with van der Waals surface area (Å²) in [5, 5.41) is 0. The first-order valence-corrected chi connectivity index (χ1v) is 12.9. The third-order valence-corrected chi connectivity index (χ3v) is 7.53. The Morgan fingerprint density at radius 2 is 1.57 bits per heavy atom. The minimum atomic E-state index is -0.394. The molecule has 184 valence electrons. The largest absolute Gasteiger partial charge is 0.497 e. The van der Waals surface area contributed by atoms with Crippen LogP contribution in [0, 0.1) is 0 Å². The molecule has 0 spiro atoms. The lowest BCUT2D eigenvalue weighted by Gasteiger charge is -2.45. The fourth-order valence-corrected chi connectivity index (χ4v) is 5.79. The van der Waals surface area contributed by atoms with Gasteiger partial charge in [-0.3, -0.25) is 4.90 Å². The summed E-state index contributed by atoms with van der Waals surface area (Å²) in [4.78, 5) is 2.51. The lowest BCUT2D eigenvalue weighted by Crippen LogP contribution is -2.43. The molecule has 3 aromatic rings. The molecular formula is C31H37NO3. The average Bonchev–Trinajstić information content (AvgIpc) is 2.88. The summed E-state index contributed by atoms with van der Waals surface area (Å²) in [5.74, 6) is 2.96. The molecule has 4 heteroatoms. The van der Waals surface area contributed by atoms with E-state index in [-0.39, 0.29) is 11.8 Å².